The number of nitrogens with one attached hydrogen (secondary N) is 1. The van der Waals surface area contributed by atoms with Crippen LogP contribution in [0.1, 0.15) is 15.2 Å². The summed E-state index contributed by atoms with van der Waals surface area (Å²) in [4.78, 5) is 13.4. The van der Waals surface area contributed by atoms with Crippen molar-refractivity contribution in [2.45, 2.75) is 12.5 Å². The van der Waals surface area contributed by atoms with E-state index in [4.69, 9.17) is 10.5 Å². The van der Waals surface area contributed by atoms with Gasteiger partial charge in [-0.3, -0.25) is 4.79 Å². The van der Waals surface area contributed by atoms with Crippen molar-refractivity contribution in [3.05, 3.63) is 40.8 Å². The number of para-hydroxylation sites is 1. The van der Waals surface area contributed by atoms with E-state index in [1.54, 1.807) is 7.05 Å². The fourth-order valence-corrected chi connectivity index (χ4v) is 3.37. The molecule has 1 unspecified atom stereocenters. The van der Waals surface area contributed by atoms with Crippen molar-refractivity contribution >= 4 is 17.2 Å². The van der Waals surface area contributed by atoms with Crippen LogP contribution in [0.2, 0.25) is 0 Å². The molecule has 5 heteroatoms. The molecule has 1 amide bonds. The third kappa shape index (κ3) is 2.19. The quantitative estimate of drug-likeness (QED) is 0.908. The third-order valence-corrected chi connectivity index (χ3v) is 4.53. The smallest absolute Gasteiger partial charge is 0.261 e. The van der Waals surface area contributed by atoms with Gasteiger partial charge in [-0.1, -0.05) is 12.1 Å². The first kappa shape index (κ1) is 13.1. The number of ether oxygens (including phenoxy) is 1. The van der Waals surface area contributed by atoms with E-state index in [-0.39, 0.29) is 12.0 Å². The van der Waals surface area contributed by atoms with Crippen molar-refractivity contribution in [3.8, 4) is 16.2 Å². The first-order valence-corrected chi connectivity index (χ1v) is 7.35. The topological polar surface area (TPSA) is 64.3 Å². The number of carbonyl (C=O) groups excluding carboxylic acids is 1. The summed E-state index contributed by atoms with van der Waals surface area (Å²) in [7, 11) is 1.64. The second kappa shape index (κ2) is 5.26. The third-order valence-electron chi connectivity index (χ3n) is 3.41. The summed E-state index contributed by atoms with van der Waals surface area (Å²) < 4.78 is 5.92. The van der Waals surface area contributed by atoms with Gasteiger partial charge in [-0.05, 0) is 23.8 Å². The van der Waals surface area contributed by atoms with Gasteiger partial charge in [0.05, 0.1) is 4.88 Å². The van der Waals surface area contributed by atoms with E-state index in [0.29, 0.717) is 11.4 Å². The van der Waals surface area contributed by atoms with Gasteiger partial charge in [0, 0.05) is 30.5 Å². The fraction of sp³-hybridized carbons (Fsp3) is 0.267. The van der Waals surface area contributed by atoms with Gasteiger partial charge in [-0.2, -0.15) is 0 Å². The van der Waals surface area contributed by atoms with Crippen molar-refractivity contribution < 1.29 is 9.53 Å². The lowest BCUT2D eigenvalue weighted by Gasteiger charge is -2.09. The Morgan fingerprint density at radius 1 is 1.45 bits per heavy atom. The molecule has 1 aromatic heterocycles. The lowest BCUT2D eigenvalue weighted by molar-refractivity contribution is 0.0967. The Balaban J connectivity index is 1.98. The van der Waals surface area contributed by atoms with Crippen molar-refractivity contribution in [2.75, 3.05) is 13.6 Å². The zero-order chi connectivity index (χ0) is 14.1. The van der Waals surface area contributed by atoms with E-state index in [1.165, 1.54) is 16.9 Å². The second-order valence-corrected chi connectivity index (χ2v) is 5.80. The highest BCUT2D eigenvalue weighted by molar-refractivity contribution is 7.17. The molecular formula is C15H16N2O2S. The standard InChI is InChI=1S/C15H16N2O2S/c1-17-15(18)13-6-5-12(20-13)11-4-2-3-9-7-10(8-16)19-14(9)11/h2-6,10H,7-8,16H2,1H3,(H,17,18). The zero-order valence-corrected chi connectivity index (χ0v) is 12.0. The molecule has 4 nitrogen and oxygen atoms in total. The van der Waals surface area contributed by atoms with Gasteiger partial charge < -0.3 is 15.8 Å². The largest absolute Gasteiger partial charge is 0.488 e. The Morgan fingerprint density at radius 2 is 2.30 bits per heavy atom. The molecule has 1 aliphatic heterocycles. The molecule has 3 N–H and O–H groups in total. The number of fused-ring (bicyclic) bond motifs is 1. The van der Waals surface area contributed by atoms with E-state index in [9.17, 15) is 4.79 Å². The molecule has 2 heterocycles. The molecular weight excluding hydrogens is 272 g/mol. The van der Waals surface area contributed by atoms with Crippen molar-refractivity contribution in [2.24, 2.45) is 5.73 Å². The van der Waals surface area contributed by atoms with E-state index >= 15 is 0 Å². The lowest BCUT2D eigenvalue weighted by atomic mass is 10.1. The fourth-order valence-electron chi connectivity index (χ4n) is 2.39. The number of amides is 1. The maximum Gasteiger partial charge on any atom is 0.261 e. The van der Waals surface area contributed by atoms with Gasteiger partial charge in [-0.25, -0.2) is 0 Å². The zero-order valence-electron chi connectivity index (χ0n) is 11.2. The van der Waals surface area contributed by atoms with Crippen LogP contribution in [0.3, 0.4) is 0 Å². The second-order valence-electron chi connectivity index (χ2n) is 4.72. The number of benzene rings is 1. The predicted molar refractivity (Wildman–Crippen MR) is 80.3 cm³/mol. The van der Waals surface area contributed by atoms with Crippen LogP contribution in [0.25, 0.3) is 10.4 Å². The van der Waals surface area contributed by atoms with Crippen LogP contribution < -0.4 is 15.8 Å². The van der Waals surface area contributed by atoms with Crippen molar-refractivity contribution in [3.63, 3.8) is 0 Å². The van der Waals surface area contributed by atoms with Gasteiger partial charge >= 0.3 is 0 Å². The molecule has 0 radical (unpaired) electrons. The normalized spacial score (nSPS) is 16.6. The highest BCUT2D eigenvalue weighted by Crippen LogP contribution is 2.41. The van der Waals surface area contributed by atoms with Crippen molar-refractivity contribution in [1.82, 2.24) is 5.32 Å². The Morgan fingerprint density at radius 3 is 3.05 bits per heavy atom. The van der Waals surface area contributed by atoms with Crippen LogP contribution in [-0.2, 0) is 6.42 Å². The van der Waals surface area contributed by atoms with Gasteiger partial charge in [-0.15, -0.1) is 11.3 Å². The van der Waals surface area contributed by atoms with Gasteiger partial charge in [0.15, 0.2) is 0 Å². The summed E-state index contributed by atoms with van der Waals surface area (Å²) in [5.41, 5.74) is 7.92. The van der Waals surface area contributed by atoms with Crippen LogP contribution in [0.15, 0.2) is 30.3 Å². The molecule has 0 aliphatic carbocycles. The predicted octanol–water partition coefficient (Wildman–Crippen LogP) is 2.04. The van der Waals surface area contributed by atoms with E-state index in [0.717, 1.165) is 22.6 Å². The molecule has 0 saturated heterocycles. The Kier molecular flexibility index (Phi) is 3.46. The number of hydrogen-bond acceptors (Lipinski definition) is 4. The Labute approximate surface area is 121 Å². The highest BCUT2D eigenvalue weighted by atomic mass is 32.1. The molecule has 3 rings (SSSR count). The molecule has 1 aliphatic rings. The molecule has 0 saturated carbocycles. The number of hydrogen-bond donors (Lipinski definition) is 2. The molecule has 0 fully saturated rings. The van der Waals surface area contributed by atoms with E-state index in [2.05, 4.69) is 11.4 Å². The minimum atomic E-state index is -0.0606. The Hall–Kier alpha value is -1.85. The maximum absolute atomic E-state index is 11.6. The minimum absolute atomic E-state index is 0.0597. The van der Waals surface area contributed by atoms with E-state index in [1.807, 2.05) is 24.3 Å². The lowest BCUT2D eigenvalue weighted by Crippen LogP contribution is -2.24. The van der Waals surface area contributed by atoms with E-state index < -0.39 is 0 Å². The first-order chi connectivity index (χ1) is 9.72. The molecule has 1 atom stereocenters. The summed E-state index contributed by atoms with van der Waals surface area (Å²) in [6.45, 7) is 0.516. The number of carbonyl (C=O) groups is 1. The van der Waals surface area contributed by atoms with Crippen LogP contribution in [0.4, 0.5) is 0 Å². The van der Waals surface area contributed by atoms with Gasteiger partial charge in [0.25, 0.3) is 5.91 Å². The minimum Gasteiger partial charge on any atom is -0.488 e. The highest BCUT2D eigenvalue weighted by Gasteiger charge is 2.25. The molecule has 0 bridgehead atoms. The summed E-state index contributed by atoms with van der Waals surface area (Å²) in [6.07, 6.45) is 0.914. The van der Waals surface area contributed by atoms with Gasteiger partial charge in [0.2, 0.25) is 0 Å². The Bertz CT molecular complexity index is 651. The first-order valence-electron chi connectivity index (χ1n) is 6.54. The average Bonchev–Trinajstić information content (AvgIpc) is 3.12. The number of nitrogens with two attached hydrogens (primary N) is 1. The monoisotopic (exact) mass is 288 g/mol. The molecule has 20 heavy (non-hydrogen) atoms. The summed E-state index contributed by atoms with van der Waals surface area (Å²) in [5.74, 6) is 0.850. The molecule has 0 spiro atoms. The summed E-state index contributed by atoms with van der Waals surface area (Å²) >= 11 is 1.47. The summed E-state index contributed by atoms with van der Waals surface area (Å²) in [5, 5.41) is 2.64. The maximum atomic E-state index is 11.6. The van der Waals surface area contributed by atoms with Crippen molar-refractivity contribution in [1.29, 1.82) is 0 Å². The molecule has 2 aromatic rings. The summed E-state index contributed by atoms with van der Waals surface area (Å²) in [6, 6.07) is 9.92. The van der Waals surface area contributed by atoms with Crippen LogP contribution in [-0.4, -0.2) is 25.6 Å². The SMILES string of the molecule is CNC(=O)c1ccc(-c2cccc3c2OC(CN)C3)s1. The van der Waals surface area contributed by atoms with Gasteiger partial charge in [0.1, 0.15) is 11.9 Å². The van der Waals surface area contributed by atoms with Crippen LogP contribution >= 0.6 is 11.3 Å². The molecule has 1 aromatic carbocycles. The van der Waals surface area contributed by atoms with Crippen LogP contribution in [0.5, 0.6) is 5.75 Å². The molecule has 104 valence electrons. The average molecular weight is 288 g/mol. The number of thiophene rings is 1. The number of rotatable bonds is 3. The van der Waals surface area contributed by atoms with Crippen LogP contribution in [0, 0.1) is 0 Å².